The second kappa shape index (κ2) is 10.6. The molecule has 32 heavy (non-hydrogen) atoms. The molecule has 1 aliphatic carbocycles. The molecule has 1 aliphatic rings. The van der Waals surface area contributed by atoms with E-state index in [1.807, 2.05) is 72.8 Å². The Balaban J connectivity index is 1.50. The van der Waals surface area contributed by atoms with E-state index in [4.69, 9.17) is 25.4 Å². The molecule has 0 heterocycles. The van der Waals surface area contributed by atoms with Gasteiger partial charge in [0.2, 0.25) is 13.6 Å². The summed E-state index contributed by atoms with van der Waals surface area (Å²) in [5, 5.41) is 0. The summed E-state index contributed by atoms with van der Waals surface area (Å²) in [6.45, 7) is 0.753. The number of benzene rings is 3. The highest BCUT2D eigenvalue weighted by atomic mass is 16.7. The van der Waals surface area contributed by atoms with Crippen LogP contribution in [-0.4, -0.2) is 32.1 Å². The first-order valence-corrected chi connectivity index (χ1v) is 10.7. The molecule has 0 aromatic heterocycles. The summed E-state index contributed by atoms with van der Waals surface area (Å²) < 4.78 is 23.4. The first-order chi connectivity index (χ1) is 15.7. The number of fused-ring (bicyclic) bond motifs is 1. The summed E-state index contributed by atoms with van der Waals surface area (Å²) in [4.78, 5) is 2.19. The lowest BCUT2D eigenvalue weighted by Crippen LogP contribution is -2.23. The third-order valence-corrected chi connectivity index (χ3v) is 5.49. The largest absolute Gasteiger partial charge is 0.457 e. The zero-order valence-electron chi connectivity index (χ0n) is 18.2. The van der Waals surface area contributed by atoms with E-state index in [-0.39, 0.29) is 19.6 Å². The van der Waals surface area contributed by atoms with Crippen LogP contribution in [0.5, 0.6) is 23.0 Å². The second-order valence-electron chi connectivity index (χ2n) is 7.61. The van der Waals surface area contributed by atoms with Crippen molar-refractivity contribution in [1.82, 2.24) is 4.90 Å². The van der Waals surface area contributed by atoms with Crippen molar-refractivity contribution < 1.29 is 18.9 Å². The van der Waals surface area contributed by atoms with Crippen molar-refractivity contribution in [2.45, 2.75) is 18.9 Å². The number of aryl methyl sites for hydroxylation is 1. The van der Waals surface area contributed by atoms with Gasteiger partial charge in [0.15, 0.2) is 11.5 Å². The molecule has 3 aromatic carbocycles. The minimum Gasteiger partial charge on any atom is -0.457 e. The smallest absolute Gasteiger partial charge is 0.231 e. The van der Waals surface area contributed by atoms with E-state index in [1.165, 1.54) is 11.1 Å². The maximum Gasteiger partial charge on any atom is 0.231 e. The van der Waals surface area contributed by atoms with Gasteiger partial charge in [-0.1, -0.05) is 42.3 Å². The third-order valence-electron chi connectivity index (χ3n) is 5.49. The van der Waals surface area contributed by atoms with Gasteiger partial charge in [-0.2, -0.15) is 0 Å². The number of terminal acetylenes is 1. The summed E-state index contributed by atoms with van der Waals surface area (Å²) in [5.74, 6) is 5.48. The molecule has 0 saturated heterocycles. The van der Waals surface area contributed by atoms with Crippen molar-refractivity contribution in [2.75, 3.05) is 27.2 Å². The van der Waals surface area contributed by atoms with E-state index >= 15 is 0 Å². The number of para-hydroxylation sites is 2. The van der Waals surface area contributed by atoms with Gasteiger partial charge in [-0.15, -0.1) is 6.42 Å². The van der Waals surface area contributed by atoms with Crippen molar-refractivity contribution in [3.8, 4) is 35.3 Å². The average molecular weight is 430 g/mol. The first-order valence-electron chi connectivity index (χ1n) is 10.7. The average Bonchev–Trinajstić information content (AvgIpc) is 3.23. The minimum absolute atomic E-state index is 0.0730. The summed E-state index contributed by atoms with van der Waals surface area (Å²) in [6.07, 6.45) is 7.50. The highest BCUT2D eigenvalue weighted by Gasteiger charge is 2.28. The van der Waals surface area contributed by atoms with Crippen LogP contribution in [0.3, 0.4) is 0 Å². The lowest BCUT2D eigenvalue weighted by molar-refractivity contribution is 0.0943. The Bertz CT molecular complexity index is 1050. The minimum atomic E-state index is 0.0730. The predicted octanol–water partition coefficient (Wildman–Crippen LogP) is 5.07. The Morgan fingerprint density at radius 3 is 1.97 bits per heavy atom. The van der Waals surface area contributed by atoms with Crippen molar-refractivity contribution in [1.29, 1.82) is 0 Å². The molecule has 5 nitrogen and oxygen atoms in total. The first kappa shape index (κ1) is 21.6. The molecule has 0 aliphatic heterocycles. The van der Waals surface area contributed by atoms with Gasteiger partial charge in [-0.25, -0.2) is 0 Å². The summed E-state index contributed by atoms with van der Waals surface area (Å²) in [7, 11) is 2.05. The fraction of sp³-hybridized carbons (Fsp3) is 0.259. The third kappa shape index (κ3) is 5.35. The molecule has 0 radical (unpaired) electrons. The van der Waals surface area contributed by atoms with Gasteiger partial charge in [0, 0.05) is 6.04 Å². The van der Waals surface area contributed by atoms with Gasteiger partial charge in [0.05, 0.1) is 6.54 Å². The molecule has 0 N–H and O–H groups in total. The number of hydrogen-bond donors (Lipinski definition) is 0. The molecule has 1 unspecified atom stereocenters. The summed E-state index contributed by atoms with van der Waals surface area (Å²) in [6, 6.07) is 23.5. The molecule has 1 atom stereocenters. The van der Waals surface area contributed by atoms with Crippen LogP contribution in [-0.2, 0) is 6.42 Å². The Hall–Kier alpha value is -3.62. The fourth-order valence-corrected chi connectivity index (χ4v) is 3.89. The number of hydrogen-bond acceptors (Lipinski definition) is 5. The van der Waals surface area contributed by atoms with E-state index in [2.05, 4.69) is 17.9 Å². The van der Waals surface area contributed by atoms with Gasteiger partial charge in [0.1, 0.15) is 11.5 Å². The maximum absolute atomic E-state index is 6.00. The van der Waals surface area contributed by atoms with Crippen molar-refractivity contribution >= 4 is 0 Å². The van der Waals surface area contributed by atoms with Gasteiger partial charge in [-0.05, 0) is 67.4 Å². The number of nitrogens with zero attached hydrogens (tertiary/aromatic N) is 1. The van der Waals surface area contributed by atoms with Crippen LogP contribution in [0.15, 0.2) is 72.8 Å². The molecule has 3 aromatic rings. The van der Waals surface area contributed by atoms with Gasteiger partial charge < -0.3 is 18.9 Å². The summed E-state index contributed by atoms with van der Waals surface area (Å²) >= 11 is 0. The molecule has 164 valence electrons. The molecule has 0 fully saturated rings. The van der Waals surface area contributed by atoms with E-state index in [0.29, 0.717) is 18.0 Å². The van der Waals surface area contributed by atoms with Crippen molar-refractivity contribution in [3.63, 3.8) is 0 Å². The maximum atomic E-state index is 6.00. The van der Waals surface area contributed by atoms with Crippen LogP contribution < -0.4 is 18.9 Å². The Morgan fingerprint density at radius 1 is 0.844 bits per heavy atom. The Kier molecular flexibility index (Phi) is 7.16. The highest BCUT2D eigenvalue weighted by molar-refractivity contribution is 5.50. The molecular formula is C27H27NO4. The Labute approximate surface area is 189 Å². The van der Waals surface area contributed by atoms with E-state index in [9.17, 15) is 0 Å². The lowest BCUT2D eigenvalue weighted by atomic mass is 10.1. The van der Waals surface area contributed by atoms with Gasteiger partial charge >= 0.3 is 0 Å². The quantitative estimate of drug-likeness (QED) is 0.332. The molecule has 5 heteroatoms. The SMILES string of the molecule is C#CCN(C)C1CCc2cc(OCOc3ccccc3)c(OCOc3ccccc3)cc21. The number of rotatable bonds is 10. The van der Waals surface area contributed by atoms with Crippen LogP contribution in [0.1, 0.15) is 23.6 Å². The fourth-order valence-electron chi connectivity index (χ4n) is 3.89. The van der Waals surface area contributed by atoms with Crippen LogP contribution >= 0.6 is 0 Å². The lowest BCUT2D eigenvalue weighted by Gasteiger charge is -2.24. The predicted molar refractivity (Wildman–Crippen MR) is 124 cm³/mol. The van der Waals surface area contributed by atoms with Crippen LogP contribution in [0, 0.1) is 12.3 Å². The van der Waals surface area contributed by atoms with Gasteiger partial charge in [0.25, 0.3) is 0 Å². The second-order valence-corrected chi connectivity index (χ2v) is 7.61. The Morgan fingerprint density at radius 2 is 1.41 bits per heavy atom. The number of ether oxygens (including phenoxy) is 4. The normalized spacial score (nSPS) is 14.5. The van der Waals surface area contributed by atoms with Crippen LogP contribution in [0.4, 0.5) is 0 Å². The monoisotopic (exact) mass is 429 g/mol. The van der Waals surface area contributed by atoms with Crippen molar-refractivity contribution in [3.05, 3.63) is 83.9 Å². The molecule has 4 rings (SSSR count). The molecule has 0 amide bonds. The standard InChI is InChI=1S/C27H27NO4/c1-3-16-28(2)25-15-14-21-17-26(31-19-29-22-10-6-4-7-11-22)27(18-24(21)25)32-20-30-23-12-8-5-9-13-23/h1,4-13,17-18,25H,14-16,19-20H2,2H3. The van der Waals surface area contributed by atoms with E-state index < -0.39 is 0 Å². The molecule has 0 bridgehead atoms. The van der Waals surface area contributed by atoms with Crippen LogP contribution in [0.25, 0.3) is 0 Å². The van der Waals surface area contributed by atoms with Crippen molar-refractivity contribution in [2.24, 2.45) is 0 Å². The zero-order chi connectivity index (χ0) is 22.2. The topological polar surface area (TPSA) is 40.2 Å². The summed E-state index contributed by atoms with van der Waals surface area (Å²) in [5.41, 5.74) is 2.46. The van der Waals surface area contributed by atoms with E-state index in [0.717, 1.165) is 24.3 Å². The van der Waals surface area contributed by atoms with Gasteiger partial charge in [-0.3, -0.25) is 4.90 Å². The van der Waals surface area contributed by atoms with E-state index in [1.54, 1.807) is 0 Å². The molecular weight excluding hydrogens is 402 g/mol. The molecule has 0 spiro atoms. The molecule has 0 saturated carbocycles. The zero-order valence-corrected chi connectivity index (χ0v) is 18.2. The highest BCUT2D eigenvalue weighted by Crippen LogP contribution is 2.41. The van der Waals surface area contributed by atoms with Crippen LogP contribution in [0.2, 0.25) is 0 Å².